The normalized spacial score (nSPS) is 22.2. The van der Waals surface area contributed by atoms with Gasteiger partial charge < -0.3 is 15.0 Å². The van der Waals surface area contributed by atoms with E-state index in [1.807, 2.05) is 24.3 Å². The first kappa shape index (κ1) is 25.6. The zero-order chi connectivity index (χ0) is 25.2. The van der Waals surface area contributed by atoms with Gasteiger partial charge in [0, 0.05) is 43.8 Å². The van der Waals surface area contributed by atoms with Gasteiger partial charge in [0.05, 0.1) is 13.4 Å². The first-order valence-electron chi connectivity index (χ1n) is 12.1. The maximum absolute atomic E-state index is 13.7. The molecule has 2 aromatic carbocycles. The maximum atomic E-state index is 13.7. The number of ether oxygens (including phenoxy) is 1. The van der Waals surface area contributed by atoms with Crippen LogP contribution in [0.5, 0.6) is 5.75 Å². The molecule has 0 aromatic heterocycles. The fourth-order valence-electron chi connectivity index (χ4n) is 5.13. The van der Waals surface area contributed by atoms with Gasteiger partial charge in [0.1, 0.15) is 0 Å². The Morgan fingerprint density at radius 2 is 1.77 bits per heavy atom. The third-order valence-electron chi connectivity index (χ3n) is 7.22. The Morgan fingerprint density at radius 3 is 2.40 bits per heavy atom. The number of carbonyl (C=O) groups excluding carboxylic acids is 1. The van der Waals surface area contributed by atoms with Crippen molar-refractivity contribution in [2.75, 3.05) is 39.5 Å². The van der Waals surface area contributed by atoms with Crippen LogP contribution in [0, 0.1) is 5.82 Å². The Kier molecular flexibility index (Phi) is 7.78. The third-order valence-corrected chi connectivity index (χ3v) is 8.52. The average molecular weight is 504 g/mol. The van der Waals surface area contributed by atoms with E-state index in [2.05, 4.69) is 12.2 Å². The minimum absolute atomic E-state index is 0.0563. The molecule has 7 nitrogen and oxygen atoms in total. The summed E-state index contributed by atoms with van der Waals surface area (Å²) in [6, 6.07) is 13.3. The van der Waals surface area contributed by atoms with Crippen molar-refractivity contribution in [2.45, 2.75) is 44.2 Å². The molecule has 4 rings (SSSR count). The first-order valence-corrected chi connectivity index (χ1v) is 13.9. The van der Waals surface area contributed by atoms with Gasteiger partial charge in [-0.1, -0.05) is 18.2 Å². The van der Waals surface area contributed by atoms with E-state index in [9.17, 15) is 17.6 Å². The standard InChI is InChI=1S/C26H34FN3O4S/c1-18(21-9-11-24(27)25(17-21)34-2)28-23-10-8-22(16-23)19-4-6-20(7-5-19)26(31)29-12-14-30(15-13-29)35(3,32)33/h4-7,9,11,17-18,22-23,28H,8,10,12-16H2,1-3H3/t18-,22-,23+/m1/s1. The maximum Gasteiger partial charge on any atom is 0.253 e. The number of carbonyl (C=O) groups is 1. The fraction of sp³-hybridized carbons (Fsp3) is 0.500. The monoisotopic (exact) mass is 503 g/mol. The predicted octanol–water partition coefficient (Wildman–Crippen LogP) is 3.54. The number of nitrogens with zero attached hydrogens (tertiary/aromatic N) is 2. The first-order chi connectivity index (χ1) is 16.7. The lowest BCUT2D eigenvalue weighted by Crippen LogP contribution is -2.50. The molecule has 190 valence electrons. The van der Waals surface area contributed by atoms with Gasteiger partial charge in [-0.05, 0) is 67.5 Å². The van der Waals surface area contributed by atoms with Crippen LogP contribution in [-0.4, -0.2) is 69.1 Å². The highest BCUT2D eigenvalue weighted by Gasteiger charge is 2.29. The molecule has 3 atom stereocenters. The van der Waals surface area contributed by atoms with Crippen molar-refractivity contribution in [3.63, 3.8) is 0 Å². The SMILES string of the molecule is COc1cc([C@@H](C)N[C@H]2CC[C@@H](c3ccc(C(=O)N4CCN(S(C)(=O)=O)CC4)cc3)C2)ccc1F. The summed E-state index contributed by atoms with van der Waals surface area (Å²) in [6.45, 7) is 3.56. The van der Waals surface area contributed by atoms with E-state index >= 15 is 0 Å². The smallest absolute Gasteiger partial charge is 0.253 e. The lowest BCUT2D eigenvalue weighted by atomic mass is 9.96. The molecule has 1 aliphatic heterocycles. The molecule has 9 heteroatoms. The second-order valence-electron chi connectivity index (χ2n) is 9.57. The van der Waals surface area contributed by atoms with Crippen molar-refractivity contribution in [1.29, 1.82) is 0 Å². The Hall–Kier alpha value is -2.49. The molecule has 2 aliphatic rings. The van der Waals surface area contributed by atoms with Crippen LogP contribution in [0.25, 0.3) is 0 Å². The number of halogens is 1. The summed E-state index contributed by atoms with van der Waals surface area (Å²) >= 11 is 0. The summed E-state index contributed by atoms with van der Waals surface area (Å²) < 4.78 is 43.6. The molecular weight excluding hydrogens is 469 g/mol. The van der Waals surface area contributed by atoms with Crippen LogP contribution in [0.1, 0.15) is 59.6 Å². The van der Waals surface area contributed by atoms with E-state index in [0.29, 0.717) is 43.7 Å². The Bertz CT molecular complexity index is 1150. The summed E-state index contributed by atoms with van der Waals surface area (Å²) in [5.74, 6) is 0.263. The van der Waals surface area contributed by atoms with Gasteiger partial charge in [0.15, 0.2) is 11.6 Å². The number of hydrogen-bond acceptors (Lipinski definition) is 5. The average Bonchev–Trinajstić information content (AvgIpc) is 3.32. The van der Waals surface area contributed by atoms with Gasteiger partial charge >= 0.3 is 0 Å². The van der Waals surface area contributed by atoms with Crippen LogP contribution in [0.3, 0.4) is 0 Å². The molecule has 1 saturated carbocycles. The van der Waals surface area contributed by atoms with Crippen LogP contribution in [0.4, 0.5) is 4.39 Å². The van der Waals surface area contributed by atoms with Crippen molar-refractivity contribution < 1.29 is 22.3 Å². The molecule has 0 unspecified atom stereocenters. The van der Waals surface area contributed by atoms with Crippen molar-refractivity contribution in [3.05, 3.63) is 65.0 Å². The van der Waals surface area contributed by atoms with E-state index < -0.39 is 10.0 Å². The summed E-state index contributed by atoms with van der Waals surface area (Å²) in [7, 11) is -1.75. The summed E-state index contributed by atoms with van der Waals surface area (Å²) in [5.41, 5.74) is 2.85. The van der Waals surface area contributed by atoms with Gasteiger partial charge in [-0.15, -0.1) is 0 Å². The van der Waals surface area contributed by atoms with E-state index in [1.165, 1.54) is 29.3 Å². The van der Waals surface area contributed by atoms with Crippen molar-refractivity contribution >= 4 is 15.9 Å². The second kappa shape index (κ2) is 10.6. The molecule has 2 aromatic rings. The van der Waals surface area contributed by atoms with Gasteiger partial charge in [-0.25, -0.2) is 12.8 Å². The molecule has 0 bridgehead atoms. The molecular formula is C26H34FN3O4S. The van der Waals surface area contributed by atoms with Crippen LogP contribution in [0.15, 0.2) is 42.5 Å². The highest BCUT2D eigenvalue weighted by Crippen LogP contribution is 2.36. The Morgan fingerprint density at radius 1 is 1.09 bits per heavy atom. The number of nitrogens with one attached hydrogen (secondary N) is 1. The zero-order valence-electron chi connectivity index (χ0n) is 20.5. The van der Waals surface area contributed by atoms with Gasteiger partial charge in [-0.2, -0.15) is 4.31 Å². The minimum Gasteiger partial charge on any atom is -0.494 e. The van der Waals surface area contributed by atoms with E-state index in [0.717, 1.165) is 24.8 Å². The van der Waals surface area contributed by atoms with Gasteiger partial charge in [0.25, 0.3) is 5.91 Å². The summed E-state index contributed by atoms with van der Waals surface area (Å²) in [6.07, 6.45) is 4.33. The number of methoxy groups -OCH3 is 1. The van der Waals surface area contributed by atoms with Crippen LogP contribution in [0.2, 0.25) is 0 Å². The van der Waals surface area contributed by atoms with Crippen molar-refractivity contribution in [3.8, 4) is 5.75 Å². The highest BCUT2D eigenvalue weighted by atomic mass is 32.2. The van der Waals surface area contributed by atoms with Crippen LogP contribution >= 0.6 is 0 Å². The number of sulfonamides is 1. The van der Waals surface area contributed by atoms with E-state index in [4.69, 9.17) is 4.74 Å². The minimum atomic E-state index is -3.22. The highest BCUT2D eigenvalue weighted by molar-refractivity contribution is 7.88. The fourth-order valence-corrected chi connectivity index (χ4v) is 5.96. The predicted molar refractivity (Wildman–Crippen MR) is 134 cm³/mol. The molecule has 2 fully saturated rings. The number of hydrogen-bond donors (Lipinski definition) is 1. The molecule has 35 heavy (non-hydrogen) atoms. The van der Waals surface area contributed by atoms with E-state index in [-0.39, 0.29) is 23.5 Å². The summed E-state index contributed by atoms with van der Waals surface area (Å²) in [5, 5.41) is 3.67. The van der Waals surface area contributed by atoms with Crippen molar-refractivity contribution in [1.82, 2.24) is 14.5 Å². The lowest BCUT2D eigenvalue weighted by molar-refractivity contribution is 0.0698. The zero-order valence-corrected chi connectivity index (χ0v) is 21.4. The number of piperazine rings is 1. The van der Waals surface area contributed by atoms with E-state index in [1.54, 1.807) is 17.0 Å². The number of rotatable bonds is 7. The summed E-state index contributed by atoms with van der Waals surface area (Å²) in [4.78, 5) is 14.6. The Balaban J connectivity index is 1.31. The number of amides is 1. The molecule has 0 spiro atoms. The largest absolute Gasteiger partial charge is 0.494 e. The molecule has 1 aliphatic carbocycles. The molecule has 0 radical (unpaired) electrons. The van der Waals surface area contributed by atoms with Crippen molar-refractivity contribution in [2.24, 2.45) is 0 Å². The molecule has 1 N–H and O–H groups in total. The Labute approximate surface area is 207 Å². The molecule has 1 heterocycles. The lowest BCUT2D eigenvalue weighted by Gasteiger charge is -2.33. The topological polar surface area (TPSA) is 79.0 Å². The van der Waals surface area contributed by atoms with Gasteiger partial charge in [0.2, 0.25) is 10.0 Å². The third kappa shape index (κ3) is 6.02. The quantitative estimate of drug-likeness (QED) is 0.625. The van der Waals surface area contributed by atoms with Gasteiger partial charge in [-0.3, -0.25) is 4.79 Å². The molecule has 1 amide bonds. The van der Waals surface area contributed by atoms with Crippen LogP contribution in [-0.2, 0) is 10.0 Å². The second-order valence-corrected chi connectivity index (χ2v) is 11.5. The number of benzene rings is 2. The molecule has 1 saturated heterocycles. The van der Waals surface area contributed by atoms with Crippen LogP contribution < -0.4 is 10.1 Å².